The summed E-state index contributed by atoms with van der Waals surface area (Å²) in [5, 5.41) is 3.40. The molecule has 3 nitrogen and oxygen atoms in total. The Morgan fingerprint density at radius 3 is 2.82 bits per heavy atom. The molecule has 1 aliphatic carbocycles. The summed E-state index contributed by atoms with van der Waals surface area (Å²) in [7, 11) is 1.99. The number of nitrogens with zero attached hydrogens (tertiary/aromatic N) is 2. The Kier molecular flexibility index (Phi) is 3.62. The van der Waals surface area contributed by atoms with E-state index < -0.39 is 0 Å². The van der Waals surface area contributed by atoms with Gasteiger partial charge in [-0.25, -0.2) is 9.37 Å². The van der Waals surface area contributed by atoms with Crippen LogP contribution in [-0.2, 0) is 6.54 Å². The van der Waals surface area contributed by atoms with Crippen molar-refractivity contribution in [2.24, 2.45) is 0 Å². The summed E-state index contributed by atoms with van der Waals surface area (Å²) >= 11 is 0. The molecule has 1 aromatic heterocycles. The average molecular weight is 237 g/mol. The average Bonchev–Trinajstić information content (AvgIpc) is 3.09. The van der Waals surface area contributed by atoms with Crippen LogP contribution >= 0.6 is 0 Å². The van der Waals surface area contributed by atoms with E-state index in [1.165, 1.54) is 19.0 Å². The first kappa shape index (κ1) is 12.3. The van der Waals surface area contributed by atoms with Gasteiger partial charge >= 0.3 is 0 Å². The van der Waals surface area contributed by atoms with Crippen molar-refractivity contribution in [3.8, 4) is 0 Å². The van der Waals surface area contributed by atoms with E-state index in [2.05, 4.69) is 29.0 Å². The summed E-state index contributed by atoms with van der Waals surface area (Å²) in [6.07, 6.45) is 3.75. The Morgan fingerprint density at radius 2 is 2.24 bits per heavy atom. The van der Waals surface area contributed by atoms with Crippen LogP contribution in [-0.4, -0.2) is 24.1 Å². The van der Waals surface area contributed by atoms with Crippen LogP contribution in [0.25, 0.3) is 0 Å². The number of anilines is 1. The lowest BCUT2D eigenvalue weighted by Crippen LogP contribution is -2.29. The van der Waals surface area contributed by atoms with Gasteiger partial charge in [-0.3, -0.25) is 0 Å². The predicted octanol–water partition coefficient (Wildman–Crippen LogP) is 2.32. The minimum Gasteiger partial charge on any atom is -0.357 e. The molecule has 1 aliphatic rings. The van der Waals surface area contributed by atoms with Gasteiger partial charge in [-0.1, -0.05) is 0 Å². The zero-order valence-electron chi connectivity index (χ0n) is 10.7. The molecule has 1 N–H and O–H groups in total. The van der Waals surface area contributed by atoms with E-state index in [0.29, 0.717) is 18.6 Å². The molecule has 0 unspecified atom stereocenters. The number of rotatable bonds is 5. The van der Waals surface area contributed by atoms with Gasteiger partial charge in [0.1, 0.15) is 11.6 Å². The van der Waals surface area contributed by atoms with Crippen molar-refractivity contribution in [1.29, 1.82) is 0 Å². The Bertz CT molecular complexity index is 388. The minimum atomic E-state index is -0.265. The van der Waals surface area contributed by atoms with Gasteiger partial charge in [-0.05, 0) is 32.8 Å². The van der Waals surface area contributed by atoms with Crippen molar-refractivity contribution in [2.45, 2.75) is 45.3 Å². The lowest BCUT2D eigenvalue weighted by molar-refractivity contribution is 0.608. The van der Waals surface area contributed by atoms with Crippen LogP contribution in [0.2, 0.25) is 0 Å². The lowest BCUT2D eigenvalue weighted by atomic mass is 10.2. The molecule has 0 radical (unpaired) electrons. The Morgan fingerprint density at radius 1 is 1.53 bits per heavy atom. The molecule has 0 saturated heterocycles. The number of aromatic nitrogens is 1. The van der Waals surface area contributed by atoms with Gasteiger partial charge in [0.15, 0.2) is 0 Å². The summed E-state index contributed by atoms with van der Waals surface area (Å²) in [6.45, 7) is 4.90. The number of hydrogen-bond donors (Lipinski definition) is 1. The zero-order chi connectivity index (χ0) is 12.4. The van der Waals surface area contributed by atoms with E-state index in [-0.39, 0.29) is 5.82 Å². The molecule has 17 heavy (non-hydrogen) atoms. The summed E-state index contributed by atoms with van der Waals surface area (Å²) in [5.74, 6) is 0.605. The fourth-order valence-corrected chi connectivity index (χ4v) is 1.71. The van der Waals surface area contributed by atoms with E-state index in [1.807, 2.05) is 7.05 Å². The van der Waals surface area contributed by atoms with Crippen LogP contribution in [0.1, 0.15) is 32.3 Å². The van der Waals surface area contributed by atoms with Gasteiger partial charge in [0.05, 0.1) is 6.20 Å². The molecule has 1 aromatic rings. The monoisotopic (exact) mass is 237 g/mol. The highest BCUT2D eigenvalue weighted by Crippen LogP contribution is 2.23. The van der Waals surface area contributed by atoms with Gasteiger partial charge in [0.25, 0.3) is 0 Å². The molecule has 4 heteroatoms. The standard InChI is InChI=1S/C13H20FN3/c1-9(2)17(3)13-10(6-11(14)8-16-13)7-15-12-4-5-12/h6,8-9,12,15H,4-5,7H2,1-3H3. The van der Waals surface area contributed by atoms with Crippen LogP contribution in [0.5, 0.6) is 0 Å². The number of nitrogens with one attached hydrogen (secondary N) is 1. The van der Waals surface area contributed by atoms with Gasteiger partial charge in [-0.2, -0.15) is 0 Å². The maximum atomic E-state index is 13.2. The van der Waals surface area contributed by atoms with Crippen molar-refractivity contribution in [2.75, 3.05) is 11.9 Å². The molecule has 0 aromatic carbocycles. The third-order valence-corrected chi connectivity index (χ3v) is 3.18. The first-order chi connectivity index (χ1) is 8.08. The van der Waals surface area contributed by atoms with Crippen molar-refractivity contribution < 1.29 is 4.39 Å². The van der Waals surface area contributed by atoms with Gasteiger partial charge in [0.2, 0.25) is 0 Å². The molecule has 0 aliphatic heterocycles. The molecule has 1 heterocycles. The highest BCUT2D eigenvalue weighted by atomic mass is 19.1. The molecule has 1 fully saturated rings. The van der Waals surface area contributed by atoms with Crippen LogP contribution in [0.3, 0.4) is 0 Å². The second-order valence-electron chi connectivity index (χ2n) is 5.00. The predicted molar refractivity (Wildman–Crippen MR) is 67.6 cm³/mol. The summed E-state index contributed by atoms with van der Waals surface area (Å²) in [4.78, 5) is 6.28. The van der Waals surface area contributed by atoms with Gasteiger partial charge in [0, 0.05) is 31.2 Å². The lowest BCUT2D eigenvalue weighted by Gasteiger charge is -2.25. The maximum Gasteiger partial charge on any atom is 0.141 e. The largest absolute Gasteiger partial charge is 0.357 e. The molecule has 94 valence electrons. The fraction of sp³-hybridized carbons (Fsp3) is 0.615. The topological polar surface area (TPSA) is 28.2 Å². The SMILES string of the molecule is CC(C)N(C)c1ncc(F)cc1CNC1CC1. The van der Waals surface area contributed by atoms with Crippen molar-refractivity contribution in [3.05, 3.63) is 23.6 Å². The van der Waals surface area contributed by atoms with Crippen LogP contribution in [0.4, 0.5) is 10.2 Å². The Balaban J connectivity index is 2.16. The molecule has 0 atom stereocenters. The number of pyridine rings is 1. The first-order valence-corrected chi connectivity index (χ1v) is 6.18. The summed E-state index contributed by atoms with van der Waals surface area (Å²) in [5.41, 5.74) is 0.938. The third kappa shape index (κ3) is 3.16. The third-order valence-electron chi connectivity index (χ3n) is 3.18. The first-order valence-electron chi connectivity index (χ1n) is 6.18. The fourth-order valence-electron chi connectivity index (χ4n) is 1.71. The second-order valence-corrected chi connectivity index (χ2v) is 5.00. The highest BCUT2D eigenvalue weighted by molar-refractivity contribution is 5.46. The smallest absolute Gasteiger partial charge is 0.141 e. The molecular weight excluding hydrogens is 217 g/mol. The van der Waals surface area contributed by atoms with Crippen LogP contribution < -0.4 is 10.2 Å². The summed E-state index contributed by atoms with van der Waals surface area (Å²) in [6, 6.07) is 2.56. The van der Waals surface area contributed by atoms with E-state index >= 15 is 0 Å². The Hall–Kier alpha value is -1.16. The second kappa shape index (κ2) is 5.00. The van der Waals surface area contributed by atoms with E-state index in [4.69, 9.17) is 0 Å². The normalized spacial score (nSPS) is 15.4. The van der Waals surface area contributed by atoms with Crippen molar-refractivity contribution in [3.63, 3.8) is 0 Å². The highest BCUT2D eigenvalue weighted by Gasteiger charge is 2.21. The maximum absolute atomic E-state index is 13.2. The van der Waals surface area contributed by atoms with Crippen LogP contribution in [0.15, 0.2) is 12.3 Å². The van der Waals surface area contributed by atoms with Crippen LogP contribution in [0, 0.1) is 5.82 Å². The molecule has 0 amide bonds. The van der Waals surface area contributed by atoms with Crippen molar-refractivity contribution in [1.82, 2.24) is 10.3 Å². The van der Waals surface area contributed by atoms with Crippen molar-refractivity contribution >= 4 is 5.82 Å². The van der Waals surface area contributed by atoms with E-state index in [0.717, 1.165) is 11.4 Å². The van der Waals surface area contributed by atoms with Gasteiger partial charge < -0.3 is 10.2 Å². The minimum absolute atomic E-state index is 0.265. The van der Waals surface area contributed by atoms with Gasteiger partial charge in [-0.15, -0.1) is 0 Å². The molecule has 0 spiro atoms. The Labute approximate surface area is 102 Å². The van der Waals surface area contributed by atoms with E-state index in [9.17, 15) is 4.39 Å². The molecule has 2 rings (SSSR count). The molecule has 0 bridgehead atoms. The zero-order valence-corrected chi connectivity index (χ0v) is 10.7. The van der Waals surface area contributed by atoms with E-state index in [1.54, 1.807) is 6.07 Å². The molecular formula is C13H20FN3. The number of hydrogen-bond acceptors (Lipinski definition) is 3. The molecule has 1 saturated carbocycles. The number of halogens is 1. The quantitative estimate of drug-likeness (QED) is 0.852. The summed E-state index contributed by atoms with van der Waals surface area (Å²) < 4.78 is 13.2.